The second kappa shape index (κ2) is 8.80. The predicted molar refractivity (Wildman–Crippen MR) is 83.3 cm³/mol. The first-order chi connectivity index (χ1) is 11.4. The van der Waals surface area contributed by atoms with Crippen molar-refractivity contribution in [1.29, 1.82) is 0 Å². The minimum absolute atomic E-state index is 0.181. The van der Waals surface area contributed by atoms with Crippen LogP contribution in [0, 0.1) is 5.92 Å². The Morgan fingerprint density at radius 3 is 2.33 bits per heavy atom. The molecule has 0 aliphatic carbocycles. The Morgan fingerprint density at radius 1 is 1.12 bits per heavy atom. The van der Waals surface area contributed by atoms with E-state index in [9.17, 15) is 23.4 Å². The quantitative estimate of drug-likeness (QED) is 0.794. The van der Waals surface area contributed by atoms with Gasteiger partial charge in [-0.1, -0.05) is 30.3 Å². The van der Waals surface area contributed by atoms with Crippen molar-refractivity contribution in [3.05, 3.63) is 35.9 Å². The molecule has 1 fully saturated rings. The maximum absolute atomic E-state index is 12.5. The number of hydrogen-bond acceptors (Lipinski definition) is 4. The van der Waals surface area contributed by atoms with Crippen LogP contribution in [-0.2, 0) is 11.3 Å². The highest BCUT2D eigenvalue weighted by Gasteiger charge is 2.44. The van der Waals surface area contributed by atoms with E-state index in [0.717, 1.165) is 5.56 Å². The van der Waals surface area contributed by atoms with Crippen molar-refractivity contribution in [3.8, 4) is 0 Å². The lowest BCUT2D eigenvalue weighted by atomic mass is 9.91. The third-order valence-corrected chi connectivity index (χ3v) is 4.30. The number of likely N-dealkylation sites (tertiary alicyclic amines) is 1. The van der Waals surface area contributed by atoms with Crippen molar-refractivity contribution >= 4 is 0 Å². The number of benzene rings is 1. The molecule has 24 heavy (non-hydrogen) atoms. The molecule has 0 bridgehead atoms. The summed E-state index contributed by atoms with van der Waals surface area (Å²) in [6, 6.07) is 9.60. The van der Waals surface area contributed by atoms with Gasteiger partial charge in [-0.25, -0.2) is 0 Å². The minimum atomic E-state index is -4.56. The van der Waals surface area contributed by atoms with Gasteiger partial charge in [0.05, 0.1) is 19.3 Å². The van der Waals surface area contributed by atoms with Crippen molar-refractivity contribution < 1.29 is 28.1 Å². The highest BCUT2D eigenvalue weighted by molar-refractivity contribution is 5.13. The molecule has 0 radical (unpaired) electrons. The second-order valence-corrected chi connectivity index (χ2v) is 6.28. The highest BCUT2D eigenvalue weighted by Crippen LogP contribution is 2.31. The maximum Gasteiger partial charge on any atom is 0.414 e. The molecule has 1 aromatic carbocycles. The van der Waals surface area contributed by atoms with Crippen molar-refractivity contribution in [3.63, 3.8) is 0 Å². The number of hydrogen-bond donors (Lipinski definition) is 2. The van der Waals surface area contributed by atoms with Gasteiger partial charge in [-0.2, -0.15) is 13.2 Å². The predicted octanol–water partition coefficient (Wildman–Crippen LogP) is 2.20. The number of nitrogens with zero attached hydrogens (tertiary/aromatic N) is 1. The molecule has 1 aliphatic rings. The van der Waals surface area contributed by atoms with Crippen LogP contribution in [0.25, 0.3) is 0 Å². The Balaban J connectivity index is 1.64. The normalized spacial score (nSPS) is 20.0. The number of rotatable bonds is 7. The van der Waals surface area contributed by atoms with Gasteiger partial charge in [-0.05, 0) is 37.4 Å². The summed E-state index contributed by atoms with van der Waals surface area (Å²) >= 11 is 0. The zero-order valence-corrected chi connectivity index (χ0v) is 13.5. The average molecular weight is 347 g/mol. The lowest BCUT2D eigenvalue weighted by Crippen LogP contribution is -2.45. The van der Waals surface area contributed by atoms with E-state index in [1.165, 1.54) is 0 Å². The van der Waals surface area contributed by atoms with Crippen molar-refractivity contribution in [2.75, 3.05) is 26.2 Å². The van der Waals surface area contributed by atoms with Gasteiger partial charge in [0, 0.05) is 6.54 Å². The van der Waals surface area contributed by atoms with Gasteiger partial charge in [0.1, 0.15) is 0 Å². The van der Waals surface area contributed by atoms with Gasteiger partial charge in [0.2, 0.25) is 0 Å². The van der Waals surface area contributed by atoms with Crippen LogP contribution < -0.4 is 0 Å². The first-order valence-electron chi connectivity index (χ1n) is 8.13. The summed E-state index contributed by atoms with van der Waals surface area (Å²) < 4.78 is 43.0. The fraction of sp³-hybridized carbons (Fsp3) is 0.647. The number of ether oxygens (including phenoxy) is 1. The number of alkyl halides is 3. The molecule has 136 valence electrons. The Bertz CT molecular complexity index is 476. The van der Waals surface area contributed by atoms with Crippen LogP contribution in [0.15, 0.2) is 30.3 Å². The molecular weight excluding hydrogens is 323 g/mol. The maximum atomic E-state index is 12.5. The monoisotopic (exact) mass is 347 g/mol. The lowest BCUT2D eigenvalue weighted by Gasteiger charge is -2.35. The zero-order chi connectivity index (χ0) is 17.6. The molecule has 1 saturated heterocycles. The van der Waals surface area contributed by atoms with E-state index < -0.39 is 24.3 Å². The van der Waals surface area contributed by atoms with Crippen LogP contribution in [0.2, 0.25) is 0 Å². The van der Waals surface area contributed by atoms with Crippen LogP contribution in [-0.4, -0.2) is 59.7 Å². The van der Waals surface area contributed by atoms with Crippen molar-refractivity contribution in [2.24, 2.45) is 5.92 Å². The Morgan fingerprint density at radius 2 is 1.75 bits per heavy atom. The molecule has 2 N–H and O–H groups in total. The summed E-state index contributed by atoms with van der Waals surface area (Å²) in [7, 11) is 0. The molecule has 0 saturated carbocycles. The topological polar surface area (TPSA) is 52.9 Å². The summed E-state index contributed by atoms with van der Waals surface area (Å²) in [6.07, 6.45) is -6.94. The molecule has 4 nitrogen and oxygen atoms in total. The van der Waals surface area contributed by atoms with Gasteiger partial charge < -0.3 is 19.8 Å². The summed E-state index contributed by atoms with van der Waals surface area (Å²) in [5.41, 5.74) is 1.02. The highest BCUT2D eigenvalue weighted by atomic mass is 19.4. The number of aliphatic hydroxyl groups excluding tert-OH is 2. The second-order valence-electron chi connectivity index (χ2n) is 6.28. The van der Waals surface area contributed by atoms with Gasteiger partial charge in [-0.3, -0.25) is 0 Å². The summed E-state index contributed by atoms with van der Waals surface area (Å²) in [5, 5.41) is 19.3. The molecule has 0 amide bonds. The average Bonchev–Trinajstić information content (AvgIpc) is 2.55. The van der Waals surface area contributed by atoms with Crippen LogP contribution in [0.3, 0.4) is 0 Å². The molecule has 1 aliphatic heterocycles. The van der Waals surface area contributed by atoms with Crippen LogP contribution in [0.1, 0.15) is 18.4 Å². The Labute approximate surface area is 139 Å². The van der Waals surface area contributed by atoms with Crippen LogP contribution in [0.5, 0.6) is 0 Å². The molecule has 0 spiro atoms. The molecule has 2 rings (SSSR count). The van der Waals surface area contributed by atoms with Gasteiger partial charge in [0.15, 0.2) is 6.10 Å². The molecule has 1 heterocycles. The van der Waals surface area contributed by atoms with E-state index in [1.54, 1.807) is 0 Å². The summed E-state index contributed by atoms with van der Waals surface area (Å²) in [6.45, 7) is 1.84. The standard InChI is InChI=1S/C17H24F3NO3/c18-17(19,20)16(23)14-6-8-21(9-7-14)10-15(22)12-24-11-13-4-2-1-3-5-13/h1-5,14-16,22-23H,6-12H2/t15-,16?/m1/s1. The third-order valence-electron chi connectivity index (χ3n) is 4.30. The minimum Gasteiger partial charge on any atom is -0.389 e. The Kier molecular flexibility index (Phi) is 7.03. The number of halogens is 3. The number of aliphatic hydroxyl groups is 2. The van der Waals surface area contributed by atoms with Crippen LogP contribution in [0.4, 0.5) is 13.2 Å². The first-order valence-corrected chi connectivity index (χ1v) is 8.13. The first kappa shape index (κ1) is 19.2. The SMILES string of the molecule is OC(C1CCN(C[C@@H](O)COCc2ccccc2)CC1)C(F)(F)F. The smallest absolute Gasteiger partial charge is 0.389 e. The molecular formula is C17H24F3NO3. The van der Waals surface area contributed by atoms with Crippen molar-refractivity contribution in [1.82, 2.24) is 4.90 Å². The van der Waals surface area contributed by atoms with E-state index in [0.29, 0.717) is 26.2 Å². The largest absolute Gasteiger partial charge is 0.414 e. The fourth-order valence-electron chi connectivity index (χ4n) is 2.96. The van der Waals surface area contributed by atoms with Gasteiger partial charge >= 0.3 is 6.18 Å². The molecule has 1 aromatic rings. The Hall–Kier alpha value is -1.15. The van der Waals surface area contributed by atoms with E-state index in [4.69, 9.17) is 4.74 Å². The van der Waals surface area contributed by atoms with E-state index in [2.05, 4.69) is 0 Å². The molecule has 1 unspecified atom stereocenters. The molecule has 0 aromatic heterocycles. The molecule has 7 heteroatoms. The van der Waals surface area contributed by atoms with Gasteiger partial charge in [0.25, 0.3) is 0 Å². The molecule has 2 atom stereocenters. The number of β-amino-alcohol motifs (C(OH)–C–C–N with tert-alkyl or cyclic N) is 1. The summed E-state index contributed by atoms with van der Waals surface area (Å²) in [5.74, 6) is -0.757. The lowest BCUT2D eigenvalue weighted by molar-refractivity contribution is -0.223. The van der Waals surface area contributed by atoms with E-state index >= 15 is 0 Å². The number of piperidine rings is 1. The van der Waals surface area contributed by atoms with Crippen molar-refractivity contribution in [2.45, 2.75) is 37.8 Å². The third kappa shape index (κ3) is 6.05. The summed E-state index contributed by atoms with van der Waals surface area (Å²) in [4.78, 5) is 1.91. The fourth-order valence-corrected chi connectivity index (χ4v) is 2.96. The van der Waals surface area contributed by atoms with Gasteiger partial charge in [-0.15, -0.1) is 0 Å². The zero-order valence-electron chi connectivity index (χ0n) is 13.5. The van der Waals surface area contributed by atoms with E-state index in [-0.39, 0.29) is 19.4 Å². The van der Waals surface area contributed by atoms with Crippen LogP contribution >= 0.6 is 0 Å². The van der Waals surface area contributed by atoms with E-state index in [1.807, 2.05) is 35.2 Å².